The van der Waals surface area contributed by atoms with Crippen LogP contribution in [0.2, 0.25) is 0 Å². The van der Waals surface area contributed by atoms with Crippen LogP contribution < -0.4 is 0 Å². The molecule has 0 aliphatic heterocycles. The van der Waals surface area contributed by atoms with Crippen molar-refractivity contribution in [3.63, 3.8) is 0 Å². The van der Waals surface area contributed by atoms with Gasteiger partial charge in [-0.05, 0) is 66.1 Å². The standard InChI is InChI=1S/C24H47NO/c1-9-11-13-24(20(5)6,14-12-19(3)4)17-21-22(7,10-2)15-16-23(21,8)18-25-26/h19-21H,9-18H2,1-8H3. The predicted octanol–water partition coefficient (Wildman–Crippen LogP) is 8.24. The van der Waals surface area contributed by atoms with Crippen LogP contribution in [-0.4, -0.2) is 6.54 Å². The minimum atomic E-state index is 0.0939. The van der Waals surface area contributed by atoms with Gasteiger partial charge in [-0.15, -0.1) is 0 Å². The van der Waals surface area contributed by atoms with E-state index in [1.54, 1.807) is 0 Å². The Kier molecular flexibility index (Phi) is 8.81. The molecule has 4 atom stereocenters. The largest absolute Gasteiger partial charge is 0.151 e. The summed E-state index contributed by atoms with van der Waals surface area (Å²) in [5, 5.41) is 3.40. The van der Waals surface area contributed by atoms with Crippen molar-refractivity contribution < 1.29 is 0 Å². The summed E-state index contributed by atoms with van der Waals surface area (Å²) in [5.74, 6) is 2.07. The zero-order valence-corrected chi connectivity index (χ0v) is 19.2. The van der Waals surface area contributed by atoms with Gasteiger partial charge in [0.15, 0.2) is 0 Å². The van der Waals surface area contributed by atoms with Crippen molar-refractivity contribution in [3.05, 3.63) is 4.91 Å². The molecule has 154 valence electrons. The third-order valence-corrected chi connectivity index (χ3v) is 8.27. The van der Waals surface area contributed by atoms with Gasteiger partial charge in [0, 0.05) is 0 Å². The first-order valence-corrected chi connectivity index (χ1v) is 11.4. The van der Waals surface area contributed by atoms with Crippen LogP contribution in [0.25, 0.3) is 0 Å². The fourth-order valence-corrected chi connectivity index (χ4v) is 5.67. The Hall–Kier alpha value is -0.400. The van der Waals surface area contributed by atoms with Crippen molar-refractivity contribution in [2.24, 2.45) is 39.2 Å². The van der Waals surface area contributed by atoms with Gasteiger partial charge in [0.05, 0.1) is 6.54 Å². The van der Waals surface area contributed by atoms with Gasteiger partial charge in [0.1, 0.15) is 0 Å². The maximum Gasteiger partial charge on any atom is 0.0867 e. The molecule has 0 aromatic heterocycles. The fourth-order valence-electron chi connectivity index (χ4n) is 5.67. The summed E-state index contributed by atoms with van der Waals surface area (Å²) in [4.78, 5) is 11.2. The minimum Gasteiger partial charge on any atom is -0.151 e. The number of nitroso groups, excluding NO2 is 1. The summed E-state index contributed by atoms with van der Waals surface area (Å²) in [6.45, 7) is 19.6. The van der Waals surface area contributed by atoms with E-state index in [0.717, 1.165) is 5.92 Å². The Balaban J connectivity index is 3.23. The molecule has 2 heteroatoms. The van der Waals surface area contributed by atoms with E-state index >= 15 is 0 Å². The lowest BCUT2D eigenvalue weighted by molar-refractivity contribution is 0.0198. The zero-order valence-electron chi connectivity index (χ0n) is 19.2. The Morgan fingerprint density at radius 2 is 1.65 bits per heavy atom. The van der Waals surface area contributed by atoms with Gasteiger partial charge in [0.2, 0.25) is 0 Å². The minimum absolute atomic E-state index is 0.0939. The highest BCUT2D eigenvalue weighted by molar-refractivity contribution is 5.04. The molecule has 1 aliphatic carbocycles. The van der Waals surface area contributed by atoms with E-state index in [0.29, 0.717) is 29.2 Å². The molecule has 0 radical (unpaired) electrons. The molecule has 0 aromatic rings. The van der Waals surface area contributed by atoms with Gasteiger partial charge < -0.3 is 0 Å². The smallest absolute Gasteiger partial charge is 0.0867 e. The third-order valence-electron chi connectivity index (χ3n) is 8.27. The first-order valence-electron chi connectivity index (χ1n) is 11.4. The molecule has 1 aliphatic rings. The van der Waals surface area contributed by atoms with Gasteiger partial charge >= 0.3 is 0 Å². The van der Waals surface area contributed by atoms with Crippen molar-refractivity contribution in [2.75, 3.05) is 6.54 Å². The molecule has 0 spiro atoms. The molecule has 2 nitrogen and oxygen atoms in total. The molecule has 0 aromatic carbocycles. The van der Waals surface area contributed by atoms with Crippen molar-refractivity contribution in [3.8, 4) is 0 Å². The zero-order chi connectivity index (χ0) is 20.0. The first kappa shape index (κ1) is 23.6. The summed E-state index contributed by atoms with van der Waals surface area (Å²) in [5.41, 5.74) is 0.871. The molecule has 0 amide bonds. The van der Waals surface area contributed by atoms with E-state index in [4.69, 9.17) is 0 Å². The van der Waals surface area contributed by atoms with Crippen molar-refractivity contribution in [1.29, 1.82) is 0 Å². The SMILES string of the molecule is CCCCC(CCC(C)C)(CC1C(C)(CC)CCC1(C)CN=O)C(C)C. The van der Waals surface area contributed by atoms with Crippen LogP contribution >= 0.6 is 0 Å². The fraction of sp³-hybridized carbons (Fsp3) is 1.00. The Bertz CT molecular complexity index is 432. The van der Waals surface area contributed by atoms with Gasteiger partial charge in [-0.3, -0.25) is 0 Å². The van der Waals surface area contributed by atoms with Crippen molar-refractivity contribution in [1.82, 2.24) is 0 Å². The highest BCUT2D eigenvalue weighted by Gasteiger charge is 2.53. The van der Waals surface area contributed by atoms with E-state index < -0.39 is 0 Å². The number of hydrogen-bond donors (Lipinski definition) is 0. The van der Waals surface area contributed by atoms with Crippen molar-refractivity contribution in [2.45, 2.75) is 113 Å². The Labute approximate surface area is 164 Å². The summed E-state index contributed by atoms with van der Waals surface area (Å²) >= 11 is 0. The number of nitrogens with zero attached hydrogens (tertiary/aromatic N) is 1. The van der Waals surface area contributed by atoms with Crippen LogP contribution in [0.5, 0.6) is 0 Å². The monoisotopic (exact) mass is 365 g/mol. The maximum atomic E-state index is 11.2. The lowest BCUT2D eigenvalue weighted by Gasteiger charge is -2.48. The summed E-state index contributed by atoms with van der Waals surface area (Å²) in [6, 6.07) is 0. The van der Waals surface area contributed by atoms with Crippen LogP contribution in [0, 0.1) is 38.9 Å². The van der Waals surface area contributed by atoms with Gasteiger partial charge in [-0.1, -0.05) is 86.3 Å². The lowest BCUT2D eigenvalue weighted by atomic mass is 9.57. The predicted molar refractivity (Wildman–Crippen MR) is 115 cm³/mol. The Morgan fingerprint density at radius 1 is 1.04 bits per heavy atom. The highest BCUT2D eigenvalue weighted by Crippen LogP contribution is 2.61. The molecule has 26 heavy (non-hydrogen) atoms. The van der Waals surface area contributed by atoms with Crippen LogP contribution in [-0.2, 0) is 0 Å². The van der Waals surface area contributed by atoms with E-state index in [1.165, 1.54) is 57.8 Å². The molecule has 4 unspecified atom stereocenters. The number of unbranched alkanes of at least 4 members (excludes halogenated alkanes) is 1. The summed E-state index contributed by atoms with van der Waals surface area (Å²) in [6.07, 6.45) is 11.5. The van der Waals surface area contributed by atoms with Crippen LogP contribution in [0.3, 0.4) is 0 Å². The third kappa shape index (κ3) is 5.32. The molecule has 0 saturated heterocycles. The summed E-state index contributed by atoms with van der Waals surface area (Å²) in [7, 11) is 0. The molecular weight excluding hydrogens is 318 g/mol. The molecule has 0 heterocycles. The maximum absolute atomic E-state index is 11.2. The average molecular weight is 366 g/mol. The normalized spacial score (nSPS) is 31.5. The van der Waals surface area contributed by atoms with Crippen LogP contribution in [0.1, 0.15) is 113 Å². The second-order valence-corrected chi connectivity index (χ2v) is 10.8. The molecule has 1 fully saturated rings. The van der Waals surface area contributed by atoms with E-state index in [9.17, 15) is 4.91 Å². The second-order valence-electron chi connectivity index (χ2n) is 10.8. The van der Waals surface area contributed by atoms with E-state index in [1.807, 2.05) is 0 Å². The van der Waals surface area contributed by atoms with Gasteiger partial charge in [0.25, 0.3) is 0 Å². The van der Waals surface area contributed by atoms with Crippen LogP contribution in [0.4, 0.5) is 0 Å². The van der Waals surface area contributed by atoms with Gasteiger partial charge in [-0.2, -0.15) is 4.91 Å². The van der Waals surface area contributed by atoms with E-state index in [-0.39, 0.29) is 5.41 Å². The average Bonchev–Trinajstić information content (AvgIpc) is 2.82. The molecule has 1 saturated carbocycles. The van der Waals surface area contributed by atoms with E-state index in [2.05, 4.69) is 60.6 Å². The quantitative estimate of drug-likeness (QED) is 0.320. The van der Waals surface area contributed by atoms with Crippen molar-refractivity contribution >= 4 is 0 Å². The number of rotatable bonds is 12. The topological polar surface area (TPSA) is 29.4 Å². The van der Waals surface area contributed by atoms with Gasteiger partial charge in [-0.25, -0.2) is 0 Å². The first-order chi connectivity index (χ1) is 12.1. The molecule has 1 rings (SSSR count). The number of hydrogen-bond acceptors (Lipinski definition) is 2. The highest BCUT2D eigenvalue weighted by atomic mass is 16.3. The lowest BCUT2D eigenvalue weighted by Crippen LogP contribution is -2.40. The molecule has 0 N–H and O–H groups in total. The second kappa shape index (κ2) is 9.69. The van der Waals surface area contributed by atoms with Crippen LogP contribution in [0.15, 0.2) is 5.18 Å². The molecular formula is C24H47NO. The summed E-state index contributed by atoms with van der Waals surface area (Å²) < 4.78 is 0. The Morgan fingerprint density at radius 3 is 2.12 bits per heavy atom. The molecule has 0 bridgehead atoms.